The van der Waals surface area contributed by atoms with E-state index in [4.69, 9.17) is 5.73 Å². The Kier molecular flexibility index (Phi) is 3.00. The zero-order chi connectivity index (χ0) is 11.4. The molecule has 1 aromatic heterocycles. The van der Waals surface area contributed by atoms with Crippen molar-refractivity contribution < 1.29 is 0 Å². The molecule has 16 heavy (non-hydrogen) atoms. The minimum absolute atomic E-state index is 0.538. The minimum Gasteiger partial charge on any atom is -0.383 e. The van der Waals surface area contributed by atoms with Gasteiger partial charge in [-0.1, -0.05) is 25.1 Å². The van der Waals surface area contributed by atoms with Gasteiger partial charge in [-0.15, -0.1) is 0 Å². The lowest BCUT2D eigenvalue weighted by Gasteiger charge is -2.10. The van der Waals surface area contributed by atoms with Crippen LogP contribution in [-0.4, -0.2) is 9.97 Å². The third-order valence-electron chi connectivity index (χ3n) is 2.37. The van der Waals surface area contributed by atoms with E-state index in [1.54, 1.807) is 0 Å². The summed E-state index contributed by atoms with van der Waals surface area (Å²) in [6, 6.07) is 9.88. The molecule has 0 bridgehead atoms. The molecule has 0 fully saturated rings. The van der Waals surface area contributed by atoms with Crippen molar-refractivity contribution in [2.45, 2.75) is 13.3 Å². The van der Waals surface area contributed by atoms with Crippen LogP contribution in [0.1, 0.15) is 12.5 Å². The first-order chi connectivity index (χ1) is 7.81. The Bertz CT molecular complexity index is 468. The molecule has 4 heteroatoms. The number of rotatable bonds is 3. The highest BCUT2D eigenvalue weighted by molar-refractivity contribution is 5.63. The second kappa shape index (κ2) is 4.61. The van der Waals surface area contributed by atoms with Gasteiger partial charge in [0.15, 0.2) is 0 Å². The van der Waals surface area contributed by atoms with E-state index in [0.29, 0.717) is 5.82 Å². The van der Waals surface area contributed by atoms with Crippen LogP contribution in [0.3, 0.4) is 0 Å². The first-order valence-corrected chi connectivity index (χ1v) is 5.22. The number of benzene rings is 1. The zero-order valence-electron chi connectivity index (χ0n) is 9.14. The van der Waals surface area contributed by atoms with E-state index in [-0.39, 0.29) is 0 Å². The highest BCUT2D eigenvalue weighted by atomic mass is 15.0. The molecule has 3 N–H and O–H groups in total. The molecule has 0 atom stereocenters. The highest BCUT2D eigenvalue weighted by Gasteiger charge is 2.06. The summed E-state index contributed by atoms with van der Waals surface area (Å²) in [5.41, 5.74) is 7.74. The molecule has 2 rings (SSSR count). The largest absolute Gasteiger partial charge is 0.383 e. The maximum Gasteiger partial charge on any atom is 0.139 e. The van der Waals surface area contributed by atoms with Gasteiger partial charge in [0.05, 0.1) is 0 Å². The number of anilines is 3. The molecule has 0 saturated carbocycles. The number of nitrogens with zero attached hydrogens (tertiary/aromatic N) is 2. The van der Waals surface area contributed by atoms with Gasteiger partial charge in [0, 0.05) is 11.3 Å². The average molecular weight is 214 g/mol. The quantitative estimate of drug-likeness (QED) is 0.823. The van der Waals surface area contributed by atoms with Crippen LogP contribution in [0.4, 0.5) is 17.3 Å². The molecule has 4 nitrogen and oxygen atoms in total. The number of nitrogen functional groups attached to an aromatic ring is 1. The summed E-state index contributed by atoms with van der Waals surface area (Å²) in [5, 5.41) is 3.23. The molecule has 2 aromatic rings. The topological polar surface area (TPSA) is 63.8 Å². The Morgan fingerprint density at radius 1 is 1.19 bits per heavy atom. The molecule has 0 saturated heterocycles. The van der Waals surface area contributed by atoms with Crippen molar-refractivity contribution in [1.29, 1.82) is 0 Å². The molecular weight excluding hydrogens is 200 g/mol. The van der Waals surface area contributed by atoms with E-state index in [1.807, 2.05) is 37.3 Å². The Labute approximate surface area is 94.5 Å². The number of hydrogen-bond acceptors (Lipinski definition) is 4. The van der Waals surface area contributed by atoms with Crippen molar-refractivity contribution in [3.63, 3.8) is 0 Å². The normalized spacial score (nSPS) is 10.1. The Balaban J connectivity index is 2.31. The Morgan fingerprint density at radius 2 is 1.94 bits per heavy atom. The van der Waals surface area contributed by atoms with Gasteiger partial charge in [-0.3, -0.25) is 0 Å². The van der Waals surface area contributed by atoms with Crippen molar-refractivity contribution in [3.05, 3.63) is 42.2 Å². The lowest BCUT2D eigenvalue weighted by Crippen LogP contribution is -2.04. The fourth-order valence-corrected chi connectivity index (χ4v) is 1.54. The molecule has 0 unspecified atom stereocenters. The fourth-order valence-electron chi connectivity index (χ4n) is 1.54. The SMILES string of the molecule is CCc1c(N)ncnc1Nc1ccccc1. The molecule has 0 spiro atoms. The summed E-state index contributed by atoms with van der Waals surface area (Å²) in [5.74, 6) is 1.32. The first kappa shape index (κ1) is 10.4. The smallest absolute Gasteiger partial charge is 0.139 e. The maximum atomic E-state index is 5.79. The zero-order valence-corrected chi connectivity index (χ0v) is 9.14. The summed E-state index contributed by atoms with van der Waals surface area (Å²) >= 11 is 0. The van der Waals surface area contributed by atoms with E-state index >= 15 is 0 Å². The average Bonchev–Trinajstić information content (AvgIpc) is 2.31. The number of nitrogens with two attached hydrogens (primary N) is 1. The summed E-state index contributed by atoms with van der Waals surface area (Å²) in [6.45, 7) is 2.03. The number of hydrogen-bond donors (Lipinski definition) is 2. The number of para-hydroxylation sites is 1. The maximum absolute atomic E-state index is 5.79. The van der Waals surface area contributed by atoms with E-state index < -0.39 is 0 Å². The van der Waals surface area contributed by atoms with Crippen LogP contribution in [0.5, 0.6) is 0 Å². The van der Waals surface area contributed by atoms with Crippen molar-refractivity contribution in [2.75, 3.05) is 11.1 Å². The molecule has 0 radical (unpaired) electrons. The molecule has 0 aliphatic heterocycles. The van der Waals surface area contributed by atoms with Crippen molar-refractivity contribution >= 4 is 17.3 Å². The molecule has 0 aliphatic rings. The minimum atomic E-state index is 0.538. The van der Waals surface area contributed by atoms with Gasteiger partial charge < -0.3 is 11.1 Å². The van der Waals surface area contributed by atoms with Crippen LogP contribution < -0.4 is 11.1 Å². The second-order valence-corrected chi connectivity index (χ2v) is 3.43. The van der Waals surface area contributed by atoms with Crippen LogP contribution >= 0.6 is 0 Å². The van der Waals surface area contributed by atoms with Crippen molar-refractivity contribution in [2.24, 2.45) is 0 Å². The van der Waals surface area contributed by atoms with Gasteiger partial charge >= 0.3 is 0 Å². The van der Waals surface area contributed by atoms with Gasteiger partial charge in [-0.25, -0.2) is 9.97 Å². The Morgan fingerprint density at radius 3 is 2.62 bits per heavy atom. The first-order valence-electron chi connectivity index (χ1n) is 5.22. The summed E-state index contributed by atoms with van der Waals surface area (Å²) in [4.78, 5) is 8.18. The van der Waals surface area contributed by atoms with Crippen molar-refractivity contribution in [1.82, 2.24) is 9.97 Å². The number of nitrogens with one attached hydrogen (secondary N) is 1. The van der Waals surface area contributed by atoms with Crippen LogP contribution in [0.15, 0.2) is 36.7 Å². The van der Waals surface area contributed by atoms with Crippen LogP contribution in [0, 0.1) is 0 Å². The molecule has 82 valence electrons. The molecule has 0 aliphatic carbocycles. The van der Waals surface area contributed by atoms with Gasteiger partial charge in [0.25, 0.3) is 0 Å². The van der Waals surface area contributed by atoms with Gasteiger partial charge in [0.2, 0.25) is 0 Å². The lowest BCUT2D eigenvalue weighted by molar-refractivity contribution is 1.06. The van der Waals surface area contributed by atoms with E-state index in [0.717, 1.165) is 23.5 Å². The lowest BCUT2D eigenvalue weighted by atomic mass is 10.2. The molecule has 0 amide bonds. The van der Waals surface area contributed by atoms with Crippen LogP contribution in [0.2, 0.25) is 0 Å². The third kappa shape index (κ3) is 2.11. The Hall–Kier alpha value is -2.10. The third-order valence-corrected chi connectivity index (χ3v) is 2.37. The molecule has 1 aromatic carbocycles. The van der Waals surface area contributed by atoms with Crippen molar-refractivity contribution in [3.8, 4) is 0 Å². The molecule has 1 heterocycles. The predicted octanol–water partition coefficient (Wildman–Crippen LogP) is 2.36. The van der Waals surface area contributed by atoms with Gasteiger partial charge in [-0.05, 0) is 18.6 Å². The van der Waals surface area contributed by atoms with Gasteiger partial charge in [0.1, 0.15) is 18.0 Å². The van der Waals surface area contributed by atoms with E-state index in [1.165, 1.54) is 6.33 Å². The van der Waals surface area contributed by atoms with Crippen LogP contribution in [-0.2, 0) is 6.42 Å². The summed E-state index contributed by atoms with van der Waals surface area (Å²) in [7, 11) is 0. The highest BCUT2D eigenvalue weighted by Crippen LogP contribution is 2.21. The standard InChI is InChI=1S/C12H14N4/c1-2-10-11(13)14-8-15-12(10)16-9-6-4-3-5-7-9/h3-8H,2H2,1H3,(H3,13,14,15,16). The van der Waals surface area contributed by atoms with Gasteiger partial charge in [-0.2, -0.15) is 0 Å². The van der Waals surface area contributed by atoms with E-state index in [9.17, 15) is 0 Å². The van der Waals surface area contributed by atoms with Crippen LogP contribution in [0.25, 0.3) is 0 Å². The van der Waals surface area contributed by atoms with E-state index in [2.05, 4.69) is 15.3 Å². The predicted molar refractivity (Wildman–Crippen MR) is 65.5 cm³/mol. The summed E-state index contributed by atoms with van der Waals surface area (Å²) in [6.07, 6.45) is 2.28. The number of aromatic nitrogens is 2. The second-order valence-electron chi connectivity index (χ2n) is 3.43. The molecular formula is C12H14N4. The fraction of sp³-hybridized carbons (Fsp3) is 0.167. The summed E-state index contributed by atoms with van der Waals surface area (Å²) < 4.78 is 0. The monoisotopic (exact) mass is 214 g/mol.